The fourth-order valence-electron chi connectivity index (χ4n) is 2.34. The van der Waals surface area contributed by atoms with Gasteiger partial charge in [0, 0.05) is 14.2 Å². The topological polar surface area (TPSA) is 0 Å². The van der Waals surface area contributed by atoms with Gasteiger partial charge in [0.05, 0.1) is 11.1 Å². The molecule has 0 saturated heterocycles. The molecule has 0 N–H and O–H groups in total. The maximum atomic E-state index is 12.7. The first kappa shape index (κ1) is 19.0. The van der Waals surface area contributed by atoms with Gasteiger partial charge in [-0.25, -0.2) is 0 Å². The van der Waals surface area contributed by atoms with Crippen molar-refractivity contribution >= 4 is 27.3 Å². The molecule has 0 aliphatic carbocycles. The monoisotopic (exact) mass is 450 g/mol. The van der Waals surface area contributed by atoms with E-state index in [1.807, 2.05) is 0 Å². The molecule has 0 aliphatic heterocycles. The molecule has 0 fully saturated rings. The Balaban J connectivity index is 1.92. The van der Waals surface area contributed by atoms with E-state index in [0.29, 0.717) is 25.4 Å². The van der Waals surface area contributed by atoms with Crippen LogP contribution >= 0.6 is 27.3 Å². The van der Waals surface area contributed by atoms with Crippen molar-refractivity contribution in [2.75, 3.05) is 0 Å². The quantitative estimate of drug-likeness (QED) is 0.348. The standard InChI is InChI=1S/C18H9BrF6S/c19-14-9-15(10-1-5-12(6-2-10)17(20,21)22)26-16(14)11-3-7-13(8-4-11)18(23,24)25/h1-9H. The van der Waals surface area contributed by atoms with Gasteiger partial charge >= 0.3 is 12.4 Å². The molecule has 136 valence electrons. The molecule has 0 nitrogen and oxygen atoms in total. The van der Waals surface area contributed by atoms with Crippen molar-refractivity contribution in [1.82, 2.24) is 0 Å². The van der Waals surface area contributed by atoms with E-state index in [-0.39, 0.29) is 0 Å². The molecule has 26 heavy (non-hydrogen) atoms. The summed E-state index contributed by atoms with van der Waals surface area (Å²) in [5, 5.41) is 0. The van der Waals surface area contributed by atoms with E-state index in [1.54, 1.807) is 6.07 Å². The zero-order valence-corrected chi connectivity index (χ0v) is 15.2. The fourth-order valence-corrected chi connectivity index (χ4v) is 4.26. The Kier molecular flexibility index (Phi) is 4.92. The van der Waals surface area contributed by atoms with Gasteiger partial charge in [0.2, 0.25) is 0 Å². The predicted octanol–water partition coefficient (Wildman–Crippen LogP) is 7.88. The van der Waals surface area contributed by atoms with Gasteiger partial charge in [-0.05, 0) is 57.4 Å². The summed E-state index contributed by atoms with van der Waals surface area (Å²) in [4.78, 5) is 1.41. The maximum Gasteiger partial charge on any atom is 0.416 e. The second-order valence-electron chi connectivity index (χ2n) is 5.44. The van der Waals surface area contributed by atoms with Crippen molar-refractivity contribution in [1.29, 1.82) is 0 Å². The summed E-state index contributed by atoms with van der Waals surface area (Å²) in [7, 11) is 0. The van der Waals surface area contributed by atoms with E-state index in [2.05, 4.69) is 15.9 Å². The molecule has 0 atom stereocenters. The zero-order chi connectivity index (χ0) is 19.1. The second kappa shape index (κ2) is 6.74. The van der Waals surface area contributed by atoms with Crippen LogP contribution in [0, 0.1) is 0 Å². The highest BCUT2D eigenvalue weighted by molar-refractivity contribution is 9.10. The van der Waals surface area contributed by atoms with E-state index in [9.17, 15) is 26.3 Å². The summed E-state index contributed by atoms with van der Waals surface area (Å²) in [5.41, 5.74) is -0.286. The van der Waals surface area contributed by atoms with Crippen LogP contribution in [0.3, 0.4) is 0 Å². The molecule has 0 unspecified atom stereocenters. The fraction of sp³-hybridized carbons (Fsp3) is 0.111. The van der Waals surface area contributed by atoms with Crippen molar-refractivity contribution in [3.8, 4) is 20.9 Å². The minimum absolute atomic E-state index is 0.591. The molecule has 1 aromatic heterocycles. The van der Waals surface area contributed by atoms with Crippen LogP contribution < -0.4 is 0 Å². The number of rotatable bonds is 2. The normalized spacial score (nSPS) is 12.4. The lowest BCUT2D eigenvalue weighted by Gasteiger charge is -2.07. The van der Waals surface area contributed by atoms with Crippen molar-refractivity contribution in [3.05, 3.63) is 70.2 Å². The largest absolute Gasteiger partial charge is 0.416 e. The lowest BCUT2D eigenvalue weighted by molar-refractivity contribution is -0.138. The molecule has 0 amide bonds. The van der Waals surface area contributed by atoms with Gasteiger partial charge in [-0.15, -0.1) is 11.3 Å². The number of thiophene rings is 1. The first-order chi connectivity index (χ1) is 12.1. The molecule has 0 aliphatic rings. The summed E-state index contributed by atoms with van der Waals surface area (Å²) < 4.78 is 76.6. The number of halogens is 7. The third-order valence-electron chi connectivity index (χ3n) is 3.66. The highest BCUT2D eigenvalue weighted by Crippen LogP contribution is 2.42. The van der Waals surface area contributed by atoms with Crippen LogP contribution in [0.1, 0.15) is 11.1 Å². The number of alkyl halides is 6. The smallest absolute Gasteiger partial charge is 0.166 e. The minimum atomic E-state index is -4.41. The first-order valence-corrected chi connectivity index (χ1v) is 8.81. The number of hydrogen-bond donors (Lipinski definition) is 0. The summed E-state index contributed by atoms with van der Waals surface area (Å²) in [6.07, 6.45) is -8.81. The molecule has 0 bridgehead atoms. The third kappa shape index (κ3) is 3.96. The molecule has 2 aromatic carbocycles. The van der Waals surface area contributed by atoms with E-state index < -0.39 is 23.5 Å². The average molecular weight is 451 g/mol. The number of benzene rings is 2. The van der Waals surface area contributed by atoms with Gasteiger partial charge in [-0.1, -0.05) is 24.3 Å². The molecule has 0 radical (unpaired) electrons. The van der Waals surface area contributed by atoms with Crippen molar-refractivity contribution < 1.29 is 26.3 Å². The van der Waals surface area contributed by atoms with Gasteiger partial charge < -0.3 is 0 Å². The highest BCUT2D eigenvalue weighted by Gasteiger charge is 2.31. The SMILES string of the molecule is FC(F)(F)c1ccc(-c2cc(Br)c(-c3ccc(C(F)(F)F)cc3)s2)cc1. The second-order valence-corrected chi connectivity index (χ2v) is 7.34. The molecular formula is C18H9BrF6S. The lowest BCUT2D eigenvalue weighted by Crippen LogP contribution is -2.03. The van der Waals surface area contributed by atoms with Crippen LogP contribution in [-0.2, 0) is 12.4 Å². The van der Waals surface area contributed by atoms with E-state index in [0.717, 1.165) is 24.3 Å². The van der Waals surface area contributed by atoms with E-state index in [4.69, 9.17) is 0 Å². The van der Waals surface area contributed by atoms with E-state index >= 15 is 0 Å². The van der Waals surface area contributed by atoms with Gasteiger partial charge in [0.25, 0.3) is 0 Å². The summed E-state index contributed by atoms with van der Waals surface area (Å²) in [5.74, 6) is 0. The van der Waals surface area contributed by atoms with Crippen LogP contribution in [0.5, 0.6) is 0 Å². The van der Waals surface area contributed by atoms with Crippen LogP contribution in [0.4, 0.5) is 26.3 Å². The Morgan fingerprint density at radius 1 is 0.654 bits per heavy atom. The van der Waals surface area contributed by atoms with Crippen molar-refractivity contribution in [3.63, 3.8) is 0 Å². The van der Waals surface area contributed by atoms with Gasteiger partial charge in [0.1, 0.15) is 0 Å². The molecule has 0 spiro atoms. The van der Waals surface area contributed by atoms with Gasteiger partial charge in [0.15, 0.2) is 0 Å². The predicted molar refractivity (Wildman–Crippen MR) is 92.9 cm³/mol. The molecule has 3 aromatic rings. The molecular weight excluding hydrogens is 442 g/mol. The Labute approximate surface area is 157 Å². The van der Waals surface area contributed by atoms with Crippen molar-refractivity contribution in [2.24, 2.45) is 0 Å². The highest BCUT2D eigenvalue weighted by atomic mass is 79.9. The molecule has 0 saturated carbocycles. The molecule has 8 heteroatoms. The van der Waals surface area contributed by atoms with Crippen LogP contribution in [0.25, 0.3) is 20.9 Å². The molecule has 1 heterocycles. The van der Waals surface area contributed by atoms with Crippen LogP contribution in [-0.4, -0.2) is 0 Å². The minimum Gasteiger partial charge on any atom is -0.166 e. The first-order valence-electron chi connectivity index (χ1n) is 7.20. The van der Waals surface area contributed by atoms with Crippen LogP contribution in [0.2, 0.25) is 0 Å². The Morgan fingerprint density at radius 3 is 1.50 bits per heavy atom. The Hall–Kier alpha value is -1.80. The van der Waals surface area contributed by atoms with E-state index in [1.165, 1.54) is 35.6 Å². The van der Waals surface area contributed by atoms with Gasteiger partial charge in [-0.3, -0.25) is 0 Å². The Bertz CT molecular complexity index is 905. The van der Waals surface area contributed by atoms with Gasteiger partial charge in [-0.2, -0.15) is 26.3 Å². The summed E-state index contributed by atoms with van der Waals surface area (Å²) in [6, 6.07) is 11.2. The molecule has 3 rings (SSSR count). The van der Waals surface area contributed by atoms with Crippen LogP contribution in [0.15, 0.2) is 59.1 Å². The number of hydrogen-bond acceptors (Lipinski definition) is 1. The summed E-state index contributed by atoms with van der Waals surface area (Å²) >= 11 is 4.65. The maximum absolute atomic E-state index is 12.7. The third-order valence-corrected chi connectivity index (χ3v) is 5.78. The summed E-state index contributed by atoms with van der Waals surface area (Å²) in [6.45, 7) is 0. The average Bonchev–Trinajstić information content (AvgIpc) is 2.95. The lowest BCUT2D eigenvalue weighted by atomic mass is 10.1. The zero-order valence-electron chi connectivity index (χ0n) is 12.8. The Morgan fingerprint density at radius 2 is 1.08 bits per heavy atom. The van der Waals surface area contributed by atoms with Crippen molar-refractivity contribution in [2.45, 2.75) is 12.4 Å².